The van der Waals surface area contributed by atoms with E-state index in [-0.39, 0.29) is 31.0 Å². The third kappa shape index (κ3) is 17.5. The van der Waals surface area contributed by atoms with Gasteiger partial charge in [0.05, 0.1) is 18.0 Å². The van der Waals surface area contributed by atoms with Crippen LogP contribution in [0.4, 0.5) is 0 Å². The summed E-state index contributed by atoms with van der Waals surface area (Å²) in [6, 6.07) is 0. The van der Waals surface area contributed by atoms with Gasteiger partial charge >= 0.3 is 29.6 Å². The van der Waals surface area contributed by atoms with Gasteiger partial charge in [0.25, 0.3) is 0 Å². The second kappa shape index (κ2) is 16.1. The van der Waals surface area contributed by atoms with Gasteiger partial charge in [0.1, 0.15) is 0 Å². The summed E-state index contributed by atoms with van der Waals surface area (Å²) < 4.78 is 24.4. The number of hydrogen-bond acceptors (Lipinski definition) is 3. The molecule has 16 heavy (non-hydrogen) atoms. The van der Waals surface area contributed by atoms with E-state index >= 15 is 0 Å². The van der Waals surface area contributed by atoms with Crippen molar-refractivity contribution >= 4 is 11.4 Å². The minimum atomic E-state index is -2.33. The fraction of sp³-hybridized carbons (Fsp3) is 1.00. The van der Waals surface area contributed by atoms with Crippen molar-refractivity contribution in [2.24, 2.45) is 0 Å². The van der Waals surface area contributed by atoms with E-state index in [1.54, 1.807) is 0 Å². The minimum Gasteiger partial charge on any atom is -1.00 e. The average molecular weight is 259 g/mol. The molecule has 94 valence electrons. The maximum Gasteiger partial charge on any atom is 1.00 e. The molecule has 0 amide bonds. The summed E-state index contributed by atoms with van der Waals surface area (Å²) in [6.07, 6.45) is 11.0. The zero-order valence-corrected chi connectivity index (χ0v) is 13.5. The van der Waals surface area contributed by atoms with Crippen LogP contribution in [0.2, 0.25) is 0 Å². The zero-order chi connectivity index (χ0) is 11.4. The number of unbranched alkanes of at least 4 members (excludes halogenated alkanes) is 8. The summed E-state index contributed by atoms with van der Waals surface area (Å²) in [7, 11) is 0. The molecule has 0 bridgehead atoms. The smallest absolute Gasteiger partial charge is 1.00 e. The van der Waals surface area contributed by atoms with Crippen molar-refractivity contribution in [2.75, 3.05) is 6.61 Å². The predicted octanol–water partition coefficient (Wildman–Crippen LogP) is 0.444. The first-order valence-corrected chi connectivity index (χ1v) is 7.00. The Bertz CT molecular complexity index is 162. The van der Waals surface area contributed by atoms with Crippen LogP contribution in [0, 0.1) is 0 Å². The van der Waals surface area contributed by atoms with Crippen LogP contribution in [0.15, 0.2) is 0 Å². The average Bonchev–Trinajstić information content (AvgIpc) is 2.20. The van der Waals surface area contributed by atoms with Crippen LogP contribution in [0.1, 0.15) is 66.1 Å². The largest absolute Gasteiger partial charge is 1.00 e. The molecule has 0 saturated heterocycles. The first kappa shape index (κ1) is 19.4. The van der Waals surface area contributed by atoms with E-state index in [9.17, 15) is 8.76 Å². The molecule has 1 atom stereocenters. The molecule has 0 spiro atoms. The maximum absolute atomic E-state index is 10.0. The van der Waals surface area contributed by atoms with Crippen molar-refractivity contribution in [3.05, 3.63) is 0 Å². The van der Waals surface area contributed by atoms with Crippen LogP contribution in [-0.2, 0) is 15.5 Å². The second-order valence-corrected chi connectivity index (χ2v) is 4.50. The molecule has 3 nitrogen and oxygen atoms in total. The summed E-state index contributed by atoms with van der Waals surface area (Å²) in [5, 5.41) is 0. The summed E-state index contributed by atoms with van der Waals surface area (Å²) in [4.78, 5) is 0. The van der Waals surface area contributed by atoms with Gasteiger partial charge < -0.3 is 10.2 Å². The Balaban J connectivity index is -0.000000980. The Hall–Kier alpha value is 1.07. The van der Waals surface area contributed by atoms with Crippen molar-refractivity contribution in [1.82, 2.24) is 0 Å². The van der Waals surface area contributed by atoms with E-state index in [1.807, 2.05) is 0 Å². The molecule has 0 rings (SSSR count). The second-order valence-electron chi connectivity index (χ2n) is 3.85. The molecule has 1 unspecified atom stereocenters. The molecule has 0 N–H and O–H groups in total. The SMILES string of the molecule is CCCCCCCCCCCOS(=O)[O-].[H-].[Na+]. The van der Waals surface area contributed by atoms with Gasteiger partial charge in [-0.25, -0.2) is 4.21 Å². The van der Waals surface area contributed by atoms with Gasteiger partial charge in [-0.05, 0) is 6.42 Å². The molecule has 0 aromatic carbocycles. The van der Waals surface area contributed by atoms with Crippen LogP contribution in [0.25, 0.3) is 0 Å². The fourth-order valence-corrected chi connectivity index (χ4v) is 1.79. The molecular formula is C11H24NaO3S-. The molecule has 0 radical (unpaired) electrons. The van der Waals surface area contributed by atoms with Crippen LogP contribution < -0.4 is 29.6 Å². The van der Waals surface area contributed by atoms with E-state index in [0.717, 1.165) is 12.8 Å². The number of rotatable bonds is 11. The quantitative estimate of drug-likeness (QED) is 0.307. The standard InChI is InChI=1S/C11H24O3S.Na.H/c1-2-3-4-5-6-7-8-9-10-11-14-15(12)13;;/h2-11H2,1H3,(H,12,13);;/q;+1;-1/p-1. The summed E-state index contributed by atoms with van der Waals surface area (Å²) in [5.74, 6) is 0. The molecule has 0 aliphatic rings. The summed E-state index contributed by atoms with van der Waals surface area (Å²) in [5.41, 5.74) is 0. The van der Waals surface area contributed by atoms with E-state index in [1.165, 1.54) is 44.9 Å². The third-order valence-corrected chi connectivity index (χ3v) is 2.79. The van der Waals surface area contributed by atoms with Crippen molar-refractivity contribution in [1.29, 1.82) is 0 Å². The predicted molar refractivity (Wildman–Crippen MR) is 63.2 cm³/mol. The van der Waals surface area contributed by atoms with E-state index < -0.39 is 11.4 Å². The van der Waals surface area contributed by atoms with Gasteiger partial charge in [0.15, 0.2) is 0 Å². The maximum atomic E-state index is 10.0. The van der Waals surface area contributed by atoms with Gasteiger partial charge in [-0.3, -0.25) is 0 Å². The minimum absolute atomic E-state index is 0. The van der Waals surface area contributed by atoms with Gasteiger partial charge in [0, 0.05) is 0 Å². The first-order valence-electron chi connectivity index (χ1n) is 6.00. The first-order chi connectivity index (χ1) is 7.27. The van der Waals surface area contributed by atoms with Gasteiger partial charge in [-0.15, -0.1) is 0 Å². The van der Waals surface area contributed by atoms with Crippen LogP contribution in [0.3, 0.4) is 0 Å². The molecule has 0 fully saturated rings. The Morgan fingerprint density at radius 1 is 1.00 bits per heavy atom. The van der Waals surface area contributed by atoms with Crippen molar-refractivity contribution in [3.8, 4) is 0 Å². The Labute approximate surface area is 126 Å². The monoisotopic (exact) mass is 259 g/mol. The molecule has 0 saturated carbocycles. The zero-order valence-electron chi connectivity index (χ0n) is 11.7. The summed E-state index contributed by atoms with van der Waals surface area (Å²) in [6.45, 7) is 2.56. The van der Waals surface area contributed by atoms with Gasteiger partial charge in [-0.1, -0.05) is 58.3 Å². The molecule has 0 aliphatic carbocycles. The number of hydrogen-bond donors (Lipinski definition) is 0. The van der Waals surface area contributed by atoms with E-state index in [0.29, 0.717) is 6.61 Å². The van der Waals surface area contributed by atoms with Crippen molar-refractivity contribution in [2.45, 2.75) is 64.7 Å². The fourth-order valence-electron chi connectivity index (χ4n) is 1.54. The molecular weight excluding hydrogens is 235 g/mol. The molecule has 0 heterocycles. The molecule has 0 aromatic heterocycles. The molecule has 0 aromatic rings. The van der Waals surface area contributed by atoms with Gasteiger partial charge in [0.2, 0.25) is 0 Å². The van der Waals surface area contributed by atoms with E-state index in [2.05, 4.69) is 11.1 Å². The van der Waals surface area contributed by atoms with Crippen molar-refractivity contribution < 1.29 is 43.9 Å². The Kier molecular flexibility index (Phi) is 19.5. The van der Waals surface area contributed by atoms with E-state index in [4.69, 9.17) is 0 Å². The Morgan fingerprint density at radius 3 is 1.88 bits per heavy atom. The Morgan fingerprint density at radius 2 is 1.44 bits per heavy atom. The topological polar surface area (TPSA) is 49.4 Å². The van der Waals surface area contributed by atoms with Crippen LogP contribution in [0.5, 0.6) is 0 Å². The summed E-state index contributed by atoms with van der Waals surface area (Å²) >= 11 is -2.33. The molecule has 5 heteroatoms. The molecule has 0 aliphatic heterocycles. The van der Waals surface area contributed by atoms with Gasteiger partial charge in [-0.2, -0.15) is 0 Å². The third-order valence-electron chi connectivity index (χ3n) is 2.43. The van der Waals surface area contributed by atoms with Crippen LogP contribution >= 0.6 is 0 Å². The van der Waals surface area contributed by atoms with Crippen LogP contribution in [-0.4, -0.2) is 15.4 Å². The van der Waals surface area contributed by atoms with Crippen molar-refractivity contribution in [3.63, 3.8) is 0 Å². The normalized spacial score (nSPS) is 12.1.